The van der Waals surface area contributed by atoms with Crippen molar-refractivity contribution in [2.24, 2.45) is 7.05 Å². The van der Waals surface area contributed by atoms with Crippen LogP contribution in [0.25, 0.3) is 11.3 Å². The zero-order valence-electron chi connectivity index (χ0n) is 15.0. The maximum atomic E-state index is 12.5. The molecule has 0 bridgehead atoms. The van der Waals surface area contributed by atoms with Crippen molar-refractivity contribution in [2.45, 2.75) is 6.42 Å². The highest BCUT2D eigenvalue weighted by Gasteiger charge is 2.14. The van der Waals surface area contributed by atoms with Crippen molar-refractivity contribution in [3.05, 3.63) is 69.8 Å². The highest BCUT2D eigenvalue weighted by molar-refractivity contribution is 6.35. The fourth-order valence-electron chi connectivity index (χ4n) is 2.73. The van der Waals surface area contributed by atoms with E-state index in [4.69, 9.17) is 27.9 Å². The van der Waals surface area contributed by atoms with Gasteiger partial charge in [-0.1, -0.05) is 41.4 Å². The number of carbonyl (C=O) groups is 1. The van der Waals surface area contributed by atoms with Crippen LogP contribution >= 0.6 is 23.2 Å². The van der Waals surface area contributed by atoms with E-state index in [1.54, 1.807) is 37.0 Å². The number of benzene rings is 2. The summed E-state index contributed by atoms with van der Waals surface area (Å²) in [6.07, 6.45) is 0.613. The van der Waals surface area contributed by atoms with Gasteiger partial charge in [0, 0.05) is 29.2 Å². The molecule has 1 heterocycles. The van der Waals surface area contributed by atoms with Crippen LogP contribution in [0, 0.1) is 0 Å². The average Bonchev–Trinajstić information content (AvgIpc) is 3.05. The summed E-state index contributed by atoms with van der Waals surface area (Å²) < 4.78 is 6.81. The zero-order valence-corrected chi connectivity index (χ0v) is 16.5. The van der Waals surface area contributed by atoms with E-state index in [1.165, 1.54) is 0 Å². The minimum absolute atomic E-state index is 0.191. The molecular formula is C20H19Cl2N3O2. The maximum absolute atomic E-state index is 12.5. The van der Waals surface area contributed by atoms with E-state index in [1.807, 2.05) is 30.3 Å². The maximum Gasteiger partial charge on any atom is 0.269 e. The second kappa shape index (κ2) is 8.46. The highest BCUT2D eigenvalue weighted by Crippen LogP contribution is 2.23. The van der Waals surface area contributed by atoms with Crippen LogP contribution in [-0.4, -0.2) is 29.3 Å². The first-order chi connectivity index (χ1) is 13.0. The fourth-order valence-corrected chi connectivity index (χ4v) is 3.23. The average molecular weight is 404 g/mol. The third-order valence-electron chi connectivity index (χ3n) is 4.17. The number of halogens is 2. The number of aryl methyl sites for hydroxylation is 1. The number of aromatic nitrogens is 2. The number of hydrogen-bond acceptors (Lipinski definition) is 3. The van der Waals surface area contributed by atoms with Gasteiger partial charge in [-0.05, 0) is 42.3 Å². The summed E-state index contributed by atoms with van der Waals surface area (Å²) in [5.74, 6) is 0.549. The normalized spacial score (nSPS) is 10.7. The predicted octanol–water partition coefficient (Wildman–Crippen LogP) is 4.38. The van der Waals surface area contributed by atoms with Gasteiger partial charge in [-0.2, -0.15) is 5.10 Å². The van der Waals surface area contributed by atoms with Gasteiger partial charge in [-0.15, -0.1) is 0 Å². The molecule has 7 heteroatoms. The van der Waals surface area contributed by atoms with Gasteiger partial charge in [0.15, 0.2) is 0 Å². The number of nitrogens with zero attached hydrogens (tertiary/aromatic N) is 2. The van der Waals surface area contributed by atoms with Gasteiger partial charge in [-0.3, -0.25) is 9.48 Å². The lowest BCUT2D eigenvalue weighted by molar-refractivity contribution is 0.0944. The molecule has 0 aliphatic rings. The molecule has 140 valence electrons. The van der Waals surface area contributed by atoms with Crippen LogP contribution in [0.4, 0.5) is 0 Å². The first-order valence-corrected chi connectivity index (χ1v) is 9.14. The molecule has 0 radical (unpaired) electrons. The molecule has 0 saturated heterocycles. The number of amides is 1. The molecule has 27 heavy (non-hydrogen) atoms. The van der Waals surface area contributed by atoms with E-state index in [2.05, 4.69) is 10.4 Å². The summed E-state index contributed by atoms with van der Waals surface area (Å²) in [6.45, 7) is 0.458. The van der Waals surface area contributed by atoms with E-state index in [0.717, 1.165) is 16.9 Å². The van der Waals surface area contributed by atoms with Gasteiger partial charge in [0.1, 0.15) is 11.4 Å². The topological polar surface area (TPSA) is 56.1 Å². The van der Waals surface area contributed by atoms with Gasteiger partial charge in [-0.25, -0.2) is 0 Å². The quantitative estimate of drug-likeness (QED) is 0.664. The predicted molar refractivity (Wildman–Crippen MR) is 108 cm³/mol. The standard InChI is InChI=1S/C20H19Cl2N3O2/c1-25-19(12-18(24-25)14-4-3-5-16(10-14)27-2)20(26)23-9-8-13-6-7-15(21)11-17(13)22/h3-7,10-12H,8-9H2,1-2H3,(H,23,26). The van der Waals surface area contributed by atoms with E-state index in [-0.39, 0.29) is 5.91 Å². The van der Waals surface area contributed by atoms with Crippen molar-refractivity contribution in [3.8, 4) is 17.0 Å². The second-order valence-electron chi connectivity index (χ2n) is 6.01. The van der Waals surface area contributed by atoms with E-state index < -0.39 is 0 Å². The molecule has 2 aromatic carbocycles. The Morgan fingerprint density at radius 1 is 1.19 bits per heavy atom. The molecule has 0 unspecified atom stereocenters. The van der Waals surface area contributed by atoms with Gasteiger partial charge in [0.2, 0.25) is 0 Å². The lowest BCUT2D eigenvalue weighted by Gasteiger charge is -2.07. The van der Waals surface area contributed by atoms with Gasteiger partial charge >= 0.3 is 0 Å². The first-order valence-electron chi connectivity index (χ1n) is 8.38. The molecule has 0 saturated carbocycles. The fraction of sp³-hybridized carbons (Fsp3) is 0.200. The second-order valence-corrected chi connectivity index (χ2v) is 6.86. The summed E-state index contributed by atoms with van der Waals surface area (Å²) in [5, 5.41) is 8.52. The van der Waals surface area contributed by atoms with Crippen LogP contribution in [0.15, 0.2) is 48.5 Å². The Morgan fingerprint density at radius 3 is 2.74 bits per heavy atom. The summed E-state index contributed by atoms with van der Waals surface area (Å²) >= 11 is 12.1. The van der Waals surface area contributed by atoms with Gasteiger partial charge < -0.3 is 10.1 Å². The lowest BCUT2D eigenvalue weighted by Crippen LogP contribution is -2.27. The van der Waals surface area contributed by atoms with Crippen LogP contribution in [0.5, 0.6) is 5.75 Å². The Hall–Kier alpha value is -2.50. The van der Waals surface area contributed by atoms with Crippen molar-refractivity contribution in [2.75, 3.05) is 13.7 Å². The van der Waals surface area contributed by atoms with E-state index in [0.29, 0.717) is 34.4 Å². The smallest absolute Gasteiger partial charge is 0.269 e. The Labute approximate surface area is 167 Å². The first kappa shape index (κ1) is 19.3. The molecule has 0 fully saturated rings. The zero-order chi connectivity index (χ0) is 19.4. The molecule has 0 aliphatic heterocycles. The number of hydrogen-bond donors (Lipinski definition) is 1. The van der Waals surface area contributed by atoms with Crippen LogP contribution in [-0.2, 0) is 13.5 Å². The molecule has 0 spiro atoms. The molecule has 1 aromatic heterocycles. The SMILES string of the molecule is COc1cccc(-c2cc(C(=O)NCCc3ccc(Cl)cc3Cl)n(C)n2)c1. The van der Waals surface area contributed by atoms with E-state index >= 15 is 0 Å². The van der Waals surface area contributed by atoms with Crippen LogP contribution < -0.4 is 10.1 Å². The minimum atomic E-state index is -0.191. The number of ether oxygens (including phenoxy) is 1. The van der Waals surface area contributed by atoms with E-state index in [9.17, 15) is 4.79 Å². The Kier molecular flexibility index (Phi) is 6.04. The number of rotatable bonds is 6. The third kappa shape index (κ3) is 4.62. The summed E-state index contributed by atoms with van der Waals surface area (Å²) in [4.78, 5) is 12.5. The molecular weight excluding hydrogens is 385 g/mol. The molecule has 0 aliphatic carbocycles. The van der Waals surface area contributed by atoms with Crippen molar-refractivity contribution < 1.29 is 9.53 Å². The van der Waals surface area contributed by atoms with Crippen molar-refractivity contribution in [1.82, 2.24) is 15.1 Å². The largest absolute Gasteiger partial charge is 0.497 e. The van der Waals surface area contributed by atoms with Crippen molar-refractivity contribution in [1.29, 1.82) is 0 Å². The Balaban J connectivity index is 1.67. The highest BCUT2D eigenvalue weighted by atomic mass is 35.5. The minimum Gasteiger partial charge on any atom is -0.497 e. The number of methoxy groups -OCH3 is 1. The summed E-state index contributed by atoms with van der Waals surface area (Å²) in [6, 6.07) is 14.7. The van der Waals surface area contributed by atoms with Gasteiger partial charge in [0.05, 0.1) is 12.8 Å². The molecule has 3 aromatic rings. The Bertz CT molecular complexity index is 970. The molecule has 1 amide bonds. The van der Waals surface area contributed by atoms with Crippen molar-refractivity contribution in [3.63, 3.8) is 0 Å². The lowest BCUT2D eigenvalue weighted by atomic mass is 10.1. The van der Waals surface area contributed by atoms with Crippen LogP contribution in [0.3, 0.4) is 0 Å². The summed E-state index contributed by atoms with van der Waals surface area (Å²) in [7, 11) is 3.36. The molecule has 0 atom stereocenters. The molecule has 5 nitrogen and oxygen atoms in total. The van der Waals surface area contributed by atoms with Crippen LogP contribution in [0.2, 0.25) is 10.0 Å². The Morgan fingerprint density at radius 2 is 2.00 bits per heavy atom. The molecule has 3 rings (SSSR count). The number of carbonyl (C=O) groups excluding carboxylic acids is 1. The molecule has 1 N–H and O–H groups in total. The van der Waals surface area contributed by atoms with Crippen LogP contribution in [0.1, 0.15) is 16.1 Å². The number of nitrogens with one attached hydrogen (secondary N) is 1. The third-order valence-corrected chi connectivity index (χ3v) is 4.76. The summed E-state index contributed by atoms with van der Waals surface area (Å²) in [5.41, 5.74) is 3.01. The monoisotopic (exact) mass is 403 g/mol. The van der Waals surface area contributed by atoms with Crippen molar-refractivity contribution >= 4 is 29.1 Å². The van der Waals surface area contributed by atoms with Gasteiger partial charge in [0.25, 0.3) is 5.91 Å².